The van der Waals surface area contributed by atoms with Crippen LogP contribution in [0.5, 0.6) is 5.88 Å². The lowest BCUT2D eigenvalue weighted by Gasteiger charge is -2.24. The van der Waals surface area contributed by atoms with Gasteiger partial charge in [-0.3, -0.25) is 4.98 Å². The molecule has 0 saturated carbocycles. The number of hydrogen-bond donors (Lipinski definition) is 0. The van der Waals surface area contributed by atoms with E-state index in [-0.39, 0.29) is 22.9 Å². The first-order chi connectivity index (χ1) is 12.6. The van der Waals surface area contributed by atoms with Gasteiger partial charge in [0.2, 0.25) is 5.88 Å². The van der Waals surface area contributed by atoms with Crippen LogP contribution in [0.4, 0.5) is 0 Å². The van der Waals surface area contributed by atoms with Gasteiger partial charge in [-0.2, -0.15) is 0 Å². The first kappa shape index (κ1) is 21.2. The van der Waals surface area contributed by atoms with E-state index in [0.717, 1.165) is 10.9 Å². The Morgan fingerprint density at radius 2 is 2.11 bits per heavy atom. The number of nitrogens with zero attached hydrogens (tertiary/aromatic N) is 5. The number of azide groups is 1. The Bertz CT molecular complexity index is 991. The minimum Gasteiger partial charge on any atom is -0.474 e. The van der Waals surface area contributed by atoms with Crippen molar-refractivity contribution in [2.24, 2.45) is 5.11 Å². The standard InChI is InChI=1S/C17H22ClN5O3S/c1-5-17(3,22-23-19)14-10-20-9-13-12(14)8-15(18)21-16(13)26-11(2)6-7-27(4,24)25/h8-11H,5-7H2,1-4H3/t11-,17-/m1/s1. The van der Waals surface area contributed by atoms with Crippen molar-refractivity contribution in [2.75, 3.05) is 12.0 Å². The van der Waals surface area contributed by atoms with Crippen molar-refractivity contribution in [1.29, 1.82) is 0 Å². The van der Waals surface area contributed by atoms with Crippen molar-refractivity contribution in [1.82, 2.24) is 9.97 Å². The third kappa shape index (κ3) is 5.22. The van der Waals surface area contributed by atoms with Crippen LogP contribution in [0.15, 0.2) is 23.6 Å². The van der Waals surface area contributed by atoms with Crippen LogP contribution in [0.2, 0.25) is 5.15 Å². The van der Waals surface area contributed by atoms with E-state index in [9.17, 15) is 8.42 Å². The molecule has 2 aromatic rings. The second kappa shape index (κ2) is 8.29. The number of ether oxygens (including phenoxy) is 1. The van der Waals surface area contributed by atoms with Crippen LogP contribution in [-0.2, 0) is 15.4 Å². The van der Waals surface area contributed by atoms with E-state index in [0.29, 0.717) is 18.2 Å². The molecule has 2 heterocycles. The zero-order valence-electron chi connectivity index (χ0n) is 15.7. The molecule has 0 bridgehead atoms. The Kier molecular flexibility index (Phi) is 6.51. The van der Waals surface area contributed by atoms with Gasteiger partial charge >= 0.3 is 0 Å². The first-order valence-electron chi connectivity index (χ1n) is 8.45. The van der Waals surface area contributed by atoms with Crippen molar-refractivity contribution in [3.8, 4) is 5.88 Å². The maximum atomic E-state index is 11.4. The molecule has 2 aromatic heterocycles. The minimum atomic E-state index is -3.08. The lowest BCUT2D eigenvalue weighted by Crippen LogP contribution is -2.19. The molecule has 0 unspecified atom stereocenters. The van der Waals surface area contributed by atoms with E-state index >= 15 is 0 Å². The third-order valence-electron chi connectivity index (χ3n) is 4.43. The van der Waals surface area contributed by atoms with Gasteiger partial charge in [-0.05, 0) is 49.2 Å². The number of rotatable bonds is 8. The first-order valence-corrected chi connectivity index (χ1v) is 10.9. The molecule has 10 heteroatoms. The number of aromatic nitrogens is 2. The summed E-state index contributed by atoms with van der Waals surface area (Å²) >= 11 is 6.19. The fourth-order valence-electron chi connectivity index (χ4n) is 2.67. The Hall–Kier alpha value is -2.09. The van der Waals surface area contributed by atoms with Crippen LogP contribution in [0.1, 0.15) is 39.2 Å². The average Bonchev–Trinajstić information content (AvgIpc) is 2.59. The number of pyridine rings is 2. The molecule has 2 atom stereocenters. The van der Waals surface area contributed by atoms with Crippen LogP contribution >= 0.6 is 11.6 Å². The van der Waals surface area contributed by atoms with Crippen molar-refractivity contribution in [2.45, 2.75) is 45.3 Å². The van der Waals surface area contributed by atoms with Crippen molar-refractivity contribution < 1.29 is 13.2 Å². The number of hydrogen-bond acceptors (Lipinski definition) is 6. The zero-order valence-corrected chi connectivity index (χ0v) is 17.3. The molecule has 0 aliphatic rings. The van der Waals surface area contributed by atoms with Crippen molar-refractivity contribution >= 4 is 32.2 Å². The predicted octanol–water partition coefficient (Wildman–Crippen LogP) is 4.42. The van der Waals surface area contributed by atoms with Gasteiger partial charge in [0.1, 0.15) is 15.0 Å². The smallest absolute Gasteiger partial charge is 0.224 e. The fraction of sp³-hybridized carbons (Fsp3) is 0.529. The normalized spacial score (nSPS) is 15.0. The maximum Gasteiger partial charge on any atom is 0.224 e. The summed E-state index contributed by atoms with van der Waals surface area (Å²) in [5.41, 5.74) is 8.87. The van der Waals surface area contributed by atoms with Gasteiger partial charge in [0.05, 0.1) is 22.8 Å². The van der Waals surface area contributed by atoms with Gasteiger partial charge in [-0.15, -0.1) is 0 Å². The van der Waals surface area contributed by atoms with E-state index in [2.05, 4.69) is 20.0 Å². The van der Waals surface area contributed by atoms with Gasteiger partial charge < -0.3 is 4.74 Å². The molecule has 0 aliphatic carbocycles. The van der Waals surface area contributed by atoms with Crippen LogP contribution in [0, 0.1) is 0 Å². The maximum absolute atomic E-state index is 11.4. The summed E-state index contributed by atoms with van der Waals surface area (Å²) in [4.78, 5) is 11.4. The second-order valence-corrected chi connectivity index (χ2v) is 9.34. The monoisotopic (exact) mass is 411 g/mol. The summed E-state index contributed by atoms with van der Waals surface area (Å²) in [6.07, 6.45) is 4.95. The molecular formula is C17H22ClN5O3S. The van der Waals surface area contributed by atoms with Crippen LogP contribution < -0.4 is 4.74 Å². The summed E-state index contributed by atoms with van der Waals surface area (Å²) in [6, 6.07) is 1.68. The summed E-state index contributed by atoms with van der Waals surface area (Å²) in [5, 5.41) is 5.51. The Morgan fingerprint density at radius 3 is 2.70 bits per heavy atom. The largest absolute Gasteiger partial charge is 0.474 e. The molecule has 146 valence electrons. The molecular weight excluding hydrogens is 390 g/mol. The lowest BCUT2D eigenvalue weighted by molar-refractivity contribution is 0.212. The highest BCUT2D eigenvalue weighted by Gasteiger charge is 2.27. The Morgan fingerprint density at radius 1 is 1.41 bits per heavy atom. The quantitative estimate of drug-likeness (QED) is 0.275. The third-order valence-corrected chi connectivity index (χ3v) is 5.60. The number of fused-ring (bicyclic) bond motifs is 1. The SMILES string of the molecule is CC[C@@](C)(N=[N+]=[N-])c1cncc2c(O[C@H](C)CCS(C)(=O)=O)nc(Cl)cc12. The molecule has 0 aliphatic heterocycles. The lowest BCUT2D eigenvalue weighted by atomic mass is 9.88. The van der Waals surface area contributed by atoms with E-state index in [1.165, 1.54) is 6.26 Å². The molecule has 27 heavy (non-hydrogen) atoms. The van der Waals surface area contributed by atoms with E-state index < -0.39 is 15.4 Å². The van der Waals surface area contributed by atoms with E-state index in [1.807, 2.05) is 13.8 Å². The van der Waals surface area contributed by atoms with Gasteiger partial charge in [0.25, 0.3) is 0 Å². The molecule has 0 spiro atoms. The number of halogens is 1. The molecule has 8 nitrogen and oxygen atoms in total. The Balaban J connectivity index is 2.51. The van der Waals surface area contributed by atoms with Gasteiger partial charge in [-0.1, -0.05) is 23.6 Å². The second-order valence-electron chi connectivity index (χ2n) is 6.70. The predicted molar refractivity (Wildman–Crippen MR) is 106 cm³/mol. The highest BCUT2D eigenvalue weighted by molar-refractivity contribution is 7.90. The van der Waals surface area contributed by atoms with Gasteiger partial charge in [0.15, 0.2) is 0 Å². The fourth-order valence-corrected chi connectivity index (χ4v) is 3.61. The van der Waals surface area contributed by atoms with Gasteiger partial charge in [0, 0.05) is 23.6 Å². The minimum absolute atomic E-state index is 0.0148. The molecule has 0 fully saturated rings. The summed E-state index contributed by atoms with van der Waals surface area (Å²) in [5.74, 6) is 0.285. The van der Waals surface area contributed by atoms with Gasteiger partial charge in [-0.25, -0.2) is 13.4 Å². The zero-order chi connectivity index (χ0) is 20.2. The summed E-state index contributed by atoms with van der Waals surface area (Å²) in [7, 11) is -3.08. The van der Waals surface area contributed by atoms with Crippen LogP contribution in [0.25, 0.3) is 21.2 Å². The topological polar surface area (TPSA) is 118 Å². The molecule has 0 aromatic carbocycles. The summed E-state index contributed by atoms with van der Waals surface area (Å²) in [6.45, 7) is 5.51. The average molecular weight is 412 g/mol. The van der Waals surface area contributed by atoms with Crippen LogP contribution in [0.3, 0.4) is 0 Å². The Labute approximate surface area is 163 Å². The van der Waals surface area contributed by atoms with E-state index in [1.54, 1.807) is 25.4 Å². The highest BCUT2D eigenvalue weighted by atomic mass is 35.5. The molecule has 0 saturated heterocycles. The van der Waals surface area contributed by atoms with Crippen molar-refractivity contribution in [3.05, 3.63) is 39.6 Å². The van der Waals surface area contributed by atoms with Crippen molar-refractivity contribution in [3.63, 3.8) is 0 Å². The summed E-state index contributed by atoms with van der Waals surface area (Å²) < 4.78 is 28.6. The van der Waals surface area contributed by atoms with Crippen LogP contribution in [-0.4, -0.2) is 36.5 Å². The van der Waals surface area contributed by atoms with E-state index in [4.69, 9.17) is 21.9 Å². The molecule has 0 N–H and O–H groups in total. The molecule has 0 radical (unpaired) electrons. The highest BCUT2D eigenvalue weighted by Crippen LogP contribution is 2.37. The number of sulfone groups is 1. The molecule has 0 amide bonds. The molecule has 2 rings (SSSR count).